The molecule has 42 heavy (non-hydrogen) atoms. The van der Waals surface area contributed by atoms with Gasteiger partial charge >= 0.3 is 6.01 Å². The Balaban J connectivity index is 1.31. The number of aromatic nitrogens is 3. The van der Waals surface area contributed by atoms with Crippen LogP contribution in [0, 0.1) is 13.8 Å². The molecule has 1 aromatic carbocycles. The van der Waals surface area contributed by atoms with Gasteiger partial charge in [0.15, 0.2) is 5.83 Å². The monoisotopic (exact) mass is 583 g/mol. The second-order valence-corrected chi connectivity index (χ2v) is 11.7. The minimum Gasteiger partial charge on any atom is -0.462 e. The molecule has 5 heterocycles. The average molecular weight is 584 g/mol. The molecule has 3 aliphatic rings. The quantitative estimate of drug-likeness (QED) is 0.440. The average Bonchev–Trinajstić information content (AvgIpc) is 3.52. The second kappa shape index (κ2) is 10.8. The van der Waals surface area contributed by atoms with Crippen molar-refractivity contribution in [3.05, 3.63) is 53.1 Å². The number of nitrogens with one attached hydrogen (secondary N) is 1. The van der Waals surface area contributed by atoms with Gasteiger partial charge in [-0.3, -0.25) is 9.69 Å². The van der Waals surface area contributed by atoms with E-state index in [1.54, 1.807) is 11.9 Å². The van der Waals surface area contributed by atoms with Gasteiger partial charge < -0.3 is 24.4 Å². The Morgan fingerprint density at radius 3 is 2.62 bits per heavy atom. The third-order valence-corrected chi connectivity index (χ3v) is 8.82. The number of benzene rings is 1. The van der Waals surface area contributed by atoms with Crippen LogP contribution in [0.25, 0.3) is 10.9 Å². The van der Waals surface area contributed by atoms with Crippen LogP contribution in [0.3, 0.4) is 0 Å². The maximum atomic E-state index is 14.0. The molecule has 0 saturated carbocycles. The summed E-state index contributed by atoms with van der Waals surface area (Å²) >= 11 is 0. The van der Waals surface area contributed by atoms with Crippen molar-refractivity contribution in [1.29, 1.82) is 0 Å². The maximum Gasteiger partial charge on any atom is 0.318 e. The number of likely N-dealkylation sites (tertiary alicyclic amines) is 1. The lowest BCUT2D eigenvalue weighted by atomic mass is 9.99. The number of carbonyl (C=O) groups excluding carboxylic acids is 1. The Morgan fingerprint density at radius 2 is 1.93 bits per heavy atom. The fraction of sp³-hybridized carbons (Fsp3) is 0.500. The number of ether oxygens (including phenoxy) is 1. The Bertz CT molecular complexity index is 1530. The minimum atomic E-state index is -2.75. The molecule has 2 fully saturated rings. The molecule has 9 nitrogen and oxygen atoms in total. The van der Waals surface area contributed by atoms with Gasteiger partial charge in [-0.25, -0.2) is 13.2 Å². The van der Waals surface area contributed by atoms with Gasteiger partial charge in [-0.05, 0) is 50.6 Å². The highest BCUT2D eigenvalue weighted by Crippen LogP contribution is 2.38. The van der Waals surface area contributed by atoms with E-state index in [-0.39, 0.29) is 25.6 Å². The number of anilines is 2. The van der Waals surface area contributed by atoms with Crippen molar-refractivity contribution in [3.63, 3.8) is 0 Å². The van der Waals surface area contributed by atoms with Crippen LogP contribution in [0.1, 0.15) is 28.8 Å². The Kier molecular flexibility index (Phi) is 7.28. The highest BCUT2D eigenvalue weighted by Gasteiger charge is 2.43. The summed E-state index contributed by atoms with van der Waals surface area (Å²) in [7, 11) is 1.67. The van der Waals surface area contributed by atoms with Crippen LogP contribution < -0.4 is 14.5 Å². The topological polar surface area (TPSA) is 80.8 Å². The number of hydrogen-bond donors (Lipinski definition) is 1. The normalized spacial score (nSPS) is 20.7. The van der Waals surface area contributed by atoms with Gasteiger partial charge in [0.05, 0.1) is 18.8 Å². The van der Waals surface area contributed by atoms with E-state index in [0.29, 0.717) is 39.1 Å². The molecule has 3 aliphatic heterocycles. The number of aryl methyl sites for hydroxylation is 1. The lowest BCUT2D eigenvalue weighted by molar-refractivity contribution is -0.128. The minimum absolute atomic E-state index is 0.0515. The SMILES string of the molecule is C=C(F)C(=O)N1CCN(c2nc(OC[C@H]3CC(F)(F)CN3C)nc3c2CCN(c2c(C)c(C)cc4[nH]ccc24)C3)CC1. The standard InChI is InChI=1S/C30H36F3N7O2/c1-18-13-24-22(5-7-34-24)26(19(18)2)40-8-6-23-25(15-40)35-29(42-16-21-14-30(32,33)17-37(21)4)36-27(23)38-9-11-39(12-10-38)28(41)20(3)31/h5,7,13,21,34H,3,6,8-12,14-17H2,1-2,4H3/t21-/m1/s1. The number of H-pyrrole nitrogens is 1. The zero-order chi connectivity index (χ0) is 29.8. The molecule has 0 bridgehead atoms. The lowest BCUT2D eigenvalue weighted by Gasteiger charge is -2.38. The molecule has 224 valence electrons. The van der Waals surface area contributed by atoms with E-state index in [1.165, 1.54) is 16.0 Å². The van der Waals surface area contributed by atoms with E-state index in [4.69, 9.17) is 14.7 Å². The first-order chi connectivity index (χ1) is 20.0. The Hall–Kier alpha value is -3.80. The Labute approximate surface area is 242 Å². The summed E-state index contributed by atoms with van der Waals surface area (Å²) in [6, 6.07) is 3.95. The number of alkyl halides is 2. The van der Waals surface area contributed by atoms with E-state index < -0.39 is 23.7 Å². The van der Waals surface area contributed by atoms with Crippen molar-refractivity contribution < 1.29 is 22.7 Å². The number of likely N-dealkylation sites (N-methyl/N-ethyl adjacent to an activating group) is 1. The predicted octanol–water partition coefficient (Wildman–Crippen LogP) is 3.99. The first kappa shape index (κ1) is 28.3. The summed E-state index contributed by atoms with van der Waals surface area (Å²) in [5, 5.41) is 1.15. The fourth-order valence-corrected chi connectivity index (χ4v) is 6.44. The van der Waals surface area contributed by atoms with Crippen LogP contribution in [0.2, 0.25) is 0 Å². The second-order valence-electron chi connectivity index (χ2n) is 11.7. The molecule has 0 unspecified atom stereocenters. The number of hydrogen-bond acceptors (Lipinski definition) is 7. The van der Waals surface area contributed by atoms with Crippen LogP contribution in [-0.4, -0.2) is 95.5 Å². The van der Waals surface area contributed by atoms with Gasteiger partial charge in [0.1, 0.15) is 12.4 Å². The molecule has 2 aromatic heterocycles. The van der Waals surface area contributed by atoms with Crippen molar-refractivity contribution in [2.24, 2.45) is 0 Å². The first-order valence-corrected chi connectivity index (χ1v) is 14.3. The molecule has 0 aliphatic carbocycles. The van der Waals surface area contributed by atoms with E-state index in [0.717, 1.165) is 40.2 Å². The zero-order valence-electron chi connectivity index (χ0n) is 24.2. The van der Waals surface area contributed by atoms with Crippen LogP contribution in [0.5, 0.6) is 6.01 Å². The summed E-state index contributed by atoms with van der Waals surface area (Å²) in [5.41, 5.74) is 6.47. The summed E-state index contributed by atoms with van der Waals surface area (Å²) in [6.45, 7) is 10.0. The van der Waals surface area contributed by atoms with Gasteiger partial charge in [0.2, 0.25) is 0 Å². The number of piperazine rings is 1. The van der Waals surface area contributed by atoms with Crippen molar-refractivity contribution in [1.82, 2.24) is 24.8 Å². The van der Waals surface area contributed by atoms with Gasteiger partial charge in [-0.1, -0.05) is 6.58 Å². The van der Waals surface area contributed by atoms with Crippen molar-refractivity contribution in [2.45, 2.75) is 45.2 Å². The summed E-state index contributed by atoms with van der Waals surface area (Å²) in [4.78, 5) is 32.5. The summed E-state index contributed by atoms with van der Waals surface area (Å²) in [5.74, 6) is -3.69. The molecule has 2 saturated heterocycles. The van der Waals surface area contributed by atoms with E-state index in [1.807, 2.05) is 6.20 Å². The first-order valence-electron chi connectivity index (χ1n) is 14.3. The smallest absolute Gasteiger partial charge is 0.318 e. The number of rotatable bonds is 6. The molecule has 0 radical (unpaired) electrons. The van der Waals surface area contributed by atoms with Crippen molar-refractivity contribution >= 4 is 28.3 Å². The Morgan fingerprint density at radius 1 is 1.17 bits per heavy atom. The maximum absolute atomic E-state index is 14.0. The van der Waals surface area contributed by atoms with Crippen LogP contribution in [0.4, 0.5) is 24.7 Å². The number of halogens is 3. The summed E-state index contributed by atoms with van der Waals surface area (Å²) < 4.78 is 47.5. The van der Waals surface area contributed by atoms with Crippen LogP contribution in [0.15, 0.2) is 30.7 Å². The van der Waals surface area contributed by atoms with E-state index in [9.17, 15) is 18.0 Å². The molecule has 3 aromatic rings. The largest absolute Gasteiger partial charge is 0.462 e. The molecular weight excluding hydrogens is 547 g/mol. The molecule has 12 heteroatoms. The lowest BCUT2D eigenvalue weighted by Crippen LogP contribution is -2.49. The van der Waals surface area contributed by atoms with E-state index >= 15 is 0 Å². The number of aromatic amines is 1. The van der Waals surface area contributed by atoms with Gasteiger partial charge in [-0.2, -0.15) is 9.97 Å². The number of amides is 1. The van der Waals surface area contributed by atoms with Gasteiger partial charge in [0, 0.05) is 73.5 Å². The van der Waals surface area contributed by atoms with Crippen molar-refractivity contribution in [2.75, 3.05) is 62.7 Å². The number of nitrogens with zero attached hydrogens (tertiary/aromatic N) is 6. The number of carbonyl (C=O) groups is 1. The molecule has 0 spiro atoms. The molecule has 1 atom stereocenters. The molecular formula is C30H36F3N7O2. The highest BCUT2D eigenvalue weighted by atomic mass is 19.3. The van der Waals surface area contributed by atoms with Crippen molar-refractivity contribution in [3.8, 4) is 6.01 Å². The summed E-state index contributed by atoms with van der Waals surface area (Å²) in [6.07, 6.45) is 2.37. The predicted molar refractivity (Wildman–Crippen MR) is 155 cm³/mol. The van der Waals surface area contributed by atoms with Gasteiger partial charge in [0.25, 0.3) is 11.8 Å². The number of fused-ring (bicyclic) bond motifs is 2. The zero-order valence-corrected chi connectivity index (χ0v) is 24.2. The molecule has 6 rings (SSSR count). The van der Waals surface area contributed by atoms with Crippen LogP contribution in [-0.2, 0) is 17.8 Å². The third-order valence-electron chi connectivity index (χ3n) is 8.82. The fourth-order valence-electron chi connectivity index (χ4n) is 6.44. The highest BCUT2D eigenvalue weighted by molar-refractivity contribution is 5.95. The van der Waals surface area contributed by atoms with Gasteiger partial charge in [-0.15, -0.1) is 0 Å². The van der Waals surface area contributed by atoms with Crippen LogP contribution >= 0.6 is 0 Å². The van der Waals surface area contributed by atoms with E-state index in [2.05, 4.69) is 47.3 Å². The molecule has 1 N–H and O–H groups in total. The third kappa shape index (κ3) is 5.28. The molecule has 1 amide bonds.